The fourth-order valence-electron chi connectivity index (χ4n) is 4.82. The van der Waals surface area contributed by atoms with Crippen molar-refractivity contribution in [2.24, 2.45) is 5.92 Å². The van der Waals surface area contributed by atoms with E-state index in [9.17, 15) is 0 Å². The van der Waals surface area contributed by atoms with Crippen LogP contribution in [0.25, 0.3) is 11.3 Å². The van der Waals surface area contributed by atoms with Crippen LogP contribution >= 0.6 is 0 Å². The van der Waals surface area contributed by atoms with Crippen molar-refractivity contribution >= 4 is 0 Å². The molecule has 3 saturated heterocycles. The topological polar surface area (TPSA) is 48.1 Å². The van der Waals surface area contributed by atoms with Crippen molar-refractivity contribution in [2.75, 3.05) is 19.6 Å². The number of rotatable bonds is 5. The molecule has 1 N–H and O–H groups in total. The third kappa shape index (κ3) is 3.73. The van der Waals surface area contributed by atoms with Crippen LogP contribution in [-0.2, 0) is 13.1 Å². The standard InChI is InChI=1S/C23H27N5/c1-2-6-19(7-3-1)23-20(12-25-26-23)15-28-14-18-9-10-22(28)17-27(13-18)16-21-8-4-5-11-24-21/h1-8,11-12,18,22H,9-10,13-17H2,(H,25,26)/t18-,22+/m0/s1. The number of H-pyrrole nitrogens is 1. The van der Waals surface area contributed by atoms with Gasteiger partial charge in [-0.1, -0.05) is 36.4 Å². The third-order valence-corrected chi connectivity index (χ3v) is 6.17. The number of fused-ring (bicyclic) bond motifs is 4. The van der Waals surface area contributed by atoms with E-state index in [0.29, 0.717) is 6.04 Å². The highest BCUT2D eigenvalue weighted by molar-refractivity contribution is 5.62. The fourth-order valence-corrected chi connectivity index (χ4v) is 4.82. The van der Waals surface area contributed by atoms with Crippen LogP contribution in [0.3, 0.4) is 0 Å². The van der Waals surface area contributed by atoms with E-state index >= 15 is 0 Å². The minimum Gasteiger partial charge on any atom is -0.296 e. The molecule has 0 aliphatic carbocycles. The van der Waals surface area contributed by atoms with Crippen molar-refractivity contribution in [2.45, 2.75) is 32.0 Å². The summed E-state index contributed by atoms with van der Waals surface area (Å²) < 4.78 is 0. The molecular formula is C23H27N5. The average Bonchev–Trinajstić information content (AvgIpc) is 3.02. The van der Waals surface area contributed by atoms with Gasteiger partial charge in [0.15, 0.2) is 0 Å². The molecule has 1 aromatic carbocycles. The first-order chi connectivity index (χ1) is 13.8. The van der Waals surface area contributed by atoms with Gasteiger partial charge in [-0.3, -0.25) is 19.9 Å². The van der Waals surface area contributed by atoms with Crippen molar-refractivity contribution in [3.63, 3.8) is 0 Å². The molecule has 0 spiro atoms. The fraction of sp³-hybridized carbons (Fsp3) is 0.391. The number of nitrogens with one attached hydrogen (secondary N) is 1. The van der Waals surface area contributed by atoms with E-state index < -0.39 is 0 Å². The Balaban J connectivity index is 1.31. The summed E-state index contributed by atoms with van der Waals surface area (Å²) in [5, 5.41) is 7.57. The van der Waals surface area contributed by atoms with Crippen molar-refractivity contribution in [3.8, 4) is 11.3 Å². The normalized spacial score (nSPS) is 23.0. The first-order valence-electron chi connectivity index (χ1n) is 10.3. The number of aromatic nitrogens is 3. The molecule has 28 heavy (non-hydrogen) atoms. The van der Waals surface area contributed by atoms with Crippen LogP contribution < -0.4 is 0 Å². The highest BCUT2D eigenvalue weighted by Gasteiger charge is 2.35. The lowest BCUT2D eigenvalue weighted by Crippen LogP contribution is -2.43. The summed E-state index contributed by atoms with van der Waals surface area (Å²) in [5.74, 6) is 0.745. The van der Waals surface area contributed by atoms with Crippen LogP contribution in [0, 0.1) is 5.92 Å². The lowest BCUT2D eigenvalue weighted by molar-refractivity contribution is 0.123. The maximum absolute atomic E-state index is 4.53. The van der Waals surface area contributed by atoms with Crippen LogP contribution in [0.2, 0.25) is 0 Å². The van der Waals surface area contributed by atoms with E-state index in [-0.39, 0.29) is 0 Å². The Morgan fingerprint density at radius 2 is 1.82 bits per heavy atom. The van der Waals surface area contributed by atoms with Crippen LogP contribution in [0.5, 0.6) is 0 Å². The molecule has 144 valence electrons. The molecule has 0 radical (unpaired) electrons. The van der Waals surface area contributed by atoms with Gasteiger partial charge >= 0.3 is 0 Å². The summed E-state index contributed by atoms with van der Waals surface area (Å²) in [5.41, 5.74) is 4.85. The predicted molar refractivity (Wildman–Crippen MR) is 110 cm³/mol. The largest absolute Gasteiger partial charge is 0.296 e. The molecule has 5 heteroatoms. The highest BCUT2D eigenvalue weighted by atomic mass is 15.3. The van der Waals surface area contributed by atoms with E-state index in [0.717, 1.165) is 31.2 Å². The molecule has 3 fully saturated rings. The number of piperidine rings is 1. The number of benzene rings is 1. The minimum atomic E-state index is 0.612. The molecule has 3 aromatic rings. The number of pyridine rings is 1. The van der Waals surface area contributed by atoms with Gasteiger partial charge in [0.05, 0.1) is 17.6 Å². The first-order valence-corrected chi connectivity index (χ1v) is 10.3. The van der Waals surface area contributed by atoms with Gasteiger partial charge in [-0.15, -0.1) is 0 Å². The molecule has 2 aromatic heterocycles. The molecule has 3 aliphatic heterocycles. The van der Waals surface area contributed by atoms with E-state index in [1.165, 1.54) is 42.8 Å². The van der Waals surface area contributed by atoms with Crippen LogP contribution in [0.1, 0.15) is 24.1 Å². The molecular weight excluding hydrogens is 346 g/mol. The lowest BCUT2D eigenvalue weighted by Gasteiger charge is -2.36. The van der Waals surface area contributed by atoms with E-state index in [1.807, 2.05) is 18.5 Å². The molecule has 2 atom stereocenters. The monoisotopic (exact) mass is 373 g/mol. The first kappa shape index (κ1) is 17.6. The minimum absolute atomic E-state index is 0.612. The lowest BCUT2D eigenvalue weighted by atomic mass is 9.94. The van der Waals surface area contributed by atoms with Crippen molar-refractivity contribution < 1.29 is 0 Å². The number of aromatic amines is 1. The Bertz CT molecular complexity index is 892. The van der Waals surface area contributed by atoms with Gasteiger partial charge in [-0.25, -0.2) is 0 Å². The van der Waals surface area contributed by atoms with E-state index in [2.05, 4.69) is 67.4 Å². The second-order valence-corrected chi connectivity index (χ2v) is 8.18. The SMILES string of the molecule is c1ccc(-c2[nH]ncc2CN2C[C@H]3CC[C@@H]2CN(Cc2ccccn2)C3)cc1. The second kappa shape index (κ2) is 7.86. The van der Waals surface area contributed by atoms with Gasteiger partial charge < -0.3 is 0 Å². The summed E-state index contributed by atoms with van der Waals surface area (Å²) in [6.07, 6.45) is 6.54. The maximum atomic E-state index is 4.53. The van der Waals surface area contributed by atoms with Gasteiger partial charge in [0, 0.05) is 50.5 Å². The second-order valence-electron chi connectivity index (χ2n) is 8.18. The van der Waals surface area contributed by atoms with Crippen LogP contribution in [0.15, 0.2) is 60.9 Å². The number of hydrogen-bond donors (Lipinski definition) is 1. The quantitative estimate of drug-likeness (QED) is 0.743. The highest BCUT2D eigenvalue weighted by Crippen LogP contribution is 2.31. The molecule has 3 aliphatic rings. The molecule has 6 rings (SSSR count). The van der Waals surface area contributed by atoms with Gasteiger partial charge in [0.1, 0.15) is 0 Å². The Kier molecular flexibility index (Phi) is 4.93. The van der Waals surface area contributed by atoms with E-state index in [1.54, 1.807) is 0 Å². The molecule has 5 heterocycles. The Hall–Kier alpha value is -2.50. The zero-order valence-electron chi connectivity index (χ0n) is 16.2. The van der Waals surface area contributed by atoms with Gasteiger partial charge in [-0.05, 0) is 36.5 Å². The Morgan fingerprint density at radius 3 is 2.68 bits per heavy atom. The molecule has 0 amide bonds. The van der Waals surface area contributed by atoms with Crippen molar-refractivity contribution in [1.29, 1.82) is 0 Å². The number of nitrogens with zero attached hydrogens (tertiary/aromatic N) is 4. The summed E-state index contributed by atoms with van der Waals surface area (Å²) in [4.78, 5) is 9.82. The third-order valence-electron chi connectivity index (χ3n) is 6.17. The summed E-state index contributed by atoms with van der Waals surface area (Å²) in [7, 11) is 0. The summed E-state index contributed by atoms with van der Waals surface area (Å²) in [6, 6.07) is 17.4. The van der Waals surface area contributed by atoms with Gasteiger partial charge in [-0.2, -0.15) is 5.10 Å². The predicted octanol–water partition coefficient (Wildman–Crippen LogP) is 3.57. The summed E-state index contributed by atoms with van der Waals surface area (Å²) >= 11 is 0. The zero-order chi connectivity index (χ0) is 18.8. The number of hydrogen-bond acceptors (Lipinski definition) is 4. The van der Waals surface area contributed by atoms with E-state index in [4.69, 9.17) is 0 Å². The molecule has 5 nitrogen and oxygen atoms in total. The van der Waals surface area contributed by atoms with Gasteiger partial charge in [0.25, 0.3) is 0 Å². The van der Waals surface area contributed by atoms with Crippen molar-refractivity contribution in [3.05, 3.63) is 72.2 Å². The maximum Gasteiger partial charge on any atom is 0.0695 e. The average molecular weight is 374 g/mol. The van der Waals surface area contributed by atoms with Crippen LogP contribution in [-0.4, -0.2) is 50.7 Å². The smallest absolute Gasteiger partial charge is 0.0695 e. The van der Waals surface area contributed by atoms with Gasteiger partial charge in [0.2, 0.25) is 0 Å². The van der Waals surface area contributed by atoms with Crippen LogP contribution in [0.4, 0.5) is 0 Å². The summed E-state index contributed by atoms with van der Waals surface area (Å²) in [6.45, 7) is 5.43. The molecule has 0 unspecified atom stereocenters. The zero-order valence-corrected chi connectivity index (χ0v) is 16.2. The molecule has 0 saturated carbocycles. The Labute approximate surface area is 166 Å². The molecule has 2 bridgehead atoms. The Morgan fingerprint density at radius 1 is 0.929 bits per heavy atom. The van der Waals surface area contributed by atoms with Crippen molar-refractivity contribution in [1.82, 2.24) is 25.0 Å².